The molecule has 92 valence electrons. The Kier molecular flexibility index (Phi) is 6.18. The lowest BCUT2D eigenvalue weighted by molar-refractivity contribution is -0.123. The molecule has 0 unspecified atom stereocenters. The summed E-state index contributed by atoms with van der Waals surface area (Å²) >= 11 is 5.73. The summed E-state index contributed by atoms with van der Waals surface area (Å²) in [4.78, 5) is 11.4. The van der Waals surface area contributed by atoms with Gasteiger partial charge in [0, 0.05) is 11.6 Å². The van der Waals surface area contributed by atoms with E-state index < -0.39 is 0 Å². The van der Waals surface area contributed by atoms with Crippen molar-refractivity contribution in [1.82, 2.24) is 5.32 Å². The van der Waals surface area contributed by atoms with Crippen molar-refractivity contribution >= 4 is 17.5 Å². The second-order valence-corrected chi connectivity index (χ2v) is 3.89. The summed E-state index contributed by atoms with van der Waals surface area (Å²) in [5.74, 6) is 0.516. The third kappa shape index (κ3) is 5.97. The number of benzene rings is 1. The van der Waals surface area contributed by atoms with Crippen LogP contribution >= 0.6 is 11.6 Å². The number of nitrogens with one attached hydrogen (secondary N) is 1. The summed E-state index contributed by atoms with van der Waals surface area (Å²) in [6, 6.07) is 6.91. The van der Waals surface area contributed by atoms with Crippen molar-refractivity contribution in [2.24, 2.45) is 0 Å². The van der Waals surface area contributed by atoms with Crippen molar-refractivity contribution < 1.29 is 9.53 Å². The van der Waals surface area contributed by atoms with E-state index in [2.05, 4.69) is 5.32 Å². The molecule has 1 aromatic carbocycles. The quantitative estimate of drug-likeness (QED) is 0.625. The molecular formula is C13H16ClNO2. The van der Waals surface area contributed by atoms with Crippen LogP contribution in [-0.4, -0.2) is 19.1 Å². The maximum atomic E-state index is 11.4. The van der Waals surface area contributed by atoms with Gasteiger partial charge in [0.25, 0.3) is 5.91 Å². The number of hydrogen-bond donors (Lipinski definition) is 1. The minimum absolute atomic E-state index is 0.0253. The SMILES string of the molecule is C/C=C/CCNC(=O)COc1ccc(Cl)cc1. The molecule has 0 aliphatic heterocycles. The largest absolute Gasteiger partial charge is 0.484 e. The summed E-state index contributed by atoms with van der Waals surface area (Å²) in [5.41, 5.74) is 0. The number of carbonyl (C=O) groups excluding carboxylic acids is 1. The summed E-state index contributed by atoms with van der Waals surface area (Å²) in [6.07, 6.45) is 4.79. The molecule has 0 saturated heterocycles. The van der Waals surface area contributed by atoms with Gasteiger partial charge in [-0.2, -0.15) is 0 Å². The van der Waals surface area contributed by atoms with Gasteiger partial charge in [-0.15, -0.1) is 0 Å². The fourth-order valence-electron chi connectivity index (χ4n) is 1.19. The van der Waals surface area contributed by atoms with Crippen LogP contribution in [0.1, 0.15) is 13.3 Å². The van der Waals surface area contributed by atoms with Crippen LogP contribution in [0.3, 0.4) is 0 Å². The summed E-state index contributed by atoms with van der Waals surface area (Å²) in [7, 11) is 0. The van der Waals surface area contributed by atoms with Crippen molar-refractivity contribution in [1.29, 1.82) is 0 Å². The first kappa shape index (κ1) is 13.6. The van der Waals surface area contributed by atoms with Gasteiger partial charge in [0.2, 0.25) is 0 Å². The van der Waals surface area contributed by atoms with E-state index in [4.69, 9.17) is 16.3 Å². The number of halogens is 1. The number of hydrogen-bond acceptors (Lipinski definition) is 2. The highest BCUT2D eigenvalue weighted by Crippen LogP contribution is 2.15. The van der Waals surface area contributed by atoms with E-state index >= 15 is 0 Å². The number of amides is 1. The molecule has 0 aliphatic carbocycles. The molecule has 0 aliphatic rings. The lowest BCUT2D eigenvalue weighted by Crippen LogP contribution is -2.29. The first-order chi connectivity index (χ1) is 8.22. The van der Waals surface area contributed by atoms with Crippen molar-refractivity contribution in [3.63, 3.8) is 0 Å². The van der Waals surface area contributed by atoms with Crippen LogP contribution in [0.5, 0.6) is 5.75 Å². The Labute approximate surface area is 106 Å². The van der Waals surface area contributed by atoms with Gasteiger partial charge in [-0.05, 0) is 37.6 Å². The van der Waals surface area contributed by atoms with Gasteiger partial charge in [-0.3, -0.25) is 4.79 Å². The molecule has 0 atom stereocenters. The second-order valence-electron chi connectivity index (χ2n) is 3.45. The highest BCUT2D eigenvalue weighted by atomic mass is 35.5. The van der Waals surface area contributed by atoms with E-state index in [1.165, 1.54) is 0 Å². The molecule has 0 spiro atoms. The van der Waals surface area contributed by atoms with Crippen LogP contribution in [-0.2, 0) is 4.79 Å². The third-order valence-electron chi connectivity index (χ3n) is 2.05. The van der Waals surface area contributed by atoms with Crippen LogP contribution in [0.4, 0.5) is 0 Å². The molecule has 0 fully saturated rings. The highest BCUT2D eigenvalue weighted by molar-refractivity contribution is 6.30. The van der Waals surface area contributed by atoms with Gasteiger partial charge >= 0.3 is 0 Å². The Bertz CT molecular complexity index is 374. The average molecular weight is 254 g/mol. The van der Waals surface area contributed by atoms with E-state index in [9.17, 15) is 4.79 Å². The minimum Gasteiger partial charge on any atom is -0.484 e. The molecule has 0 aromatic heterocycles. The molecule has 0 saturated carbocycles. The lowest BCUT2D eigenvalue weighted by atomic mass is 10.3. The number of rotatable bonds is 6. The van der Waals surface area contributed by atoms with Gasteiger partial charge < -0.3 is 10.1 Å². The van der Waals surface area contributed by atoms with Crippen LogP contribution in [0, 0.1) is 0 Å². The van der Waals surface area contributed by atoms with Crippen molar-refractivity contribution in [3.05, 3.63) is 41.4 Å². The maximum absolute atomic E-state index is 11.4. The monoisotopic (exact) mass is 253 g/mol. The van der Waals surface area contributed by atoms with Crippen molar-refractivity contribution in [3.8, 4) is 5.75 Å². The molecule has 1 aromatic rings. The molecule has 0 bridgehead atoms. The predicted octanol–water partition coefficient (Wildman–Crippen LogP) is 2.80. The van der Waals surface area contributed by atoms with E-state index in [1.54, 1.807) is 24.3 Å². The highest BCUT2D eigenvalue weighted by Gasteiger charge is 2.01. The first-order valence-corrected chi connectivity index (χ1v) is 5.86. The van der Waals surface area contributed by atoms with Crippen LogP contribution in [0.15, 0.2) is 36.4 Å². The summed E-state index contributed by atoms with van der Waals surface area (Å²) in [5, 5.41) is 3.40. The second kappa shape index (κ2) is 7.74. The van der Waals surface area contributed by atoms with Gasteiger partial charge in [-0.1, -0.05) is 23.8 Å². The molecule has 3 nitrogen and oxygen atoms in total. The summed E-state index contributed by atoms with van der Waals surface area (Å²) in [6.45, 7) is 2.61. The zero-order chi connectivity index (χ0) is 12.5. The Morgan fingerprint density at radius 2 is 2.12 bits per heavy atom. The molecule has 4 heteroatoms. The molecule has 0 radical (unpaired) electrons. The number of ether oxygens (including phenoxy) is 1. The first-order valence-electron chi connectivity index (χ1n) is 5.48. The standard InChI is InChI=1S/C13H16ClNO2/c1-2-3-4-9-15-13(16)10-17-12-7-5-11(14)6-8-12/h2-3,5-8H,4,9-10H2,1H3,(H,15,16)/b3-2+. The molecule has 1 rings (SSSR count). The molecule has 1 amide bonds. The van der Waals surface area contributed by atoms with Crippen molar-refractivity contribution in [2.45, 2.75) is 13.3 Å². The zero-order valence-electron chi connectivity index (χ0n) is 9.78. The van der Waals surface area contributed by atoms with Gasteiger partial charge in [0.1, 0.15) is 5.75 Å². The normalized spacial score (nSPS) is 10.5. The number of carbonyl (C=O) groups is 1. The van der Waals surface area contributed by atoms with Crippen LogP contribution in [0.25, 0.3) is 0 Å². The van der Waals surface area contributed by atoms with Gasteiger partial charge in [-0.25, -0.2) is 0 Å². The molecular weight excluding hydrogens is 238 g/mol. The van der Waals surface area contributed by atoms with E-state index in [0.29, 0.717) is 17.3 Å². The summed E-state index contributed by atoms with van der Waals surface area (Å²) < 4.78 is 5.29. The fraction of sp³-hybridized carbons (Fsp3) is 0.308. The van der Waals surface area contributed by atoms with Crippen LogP contribution in [0.2, 0.25) is 5.02 Å². The van der Waals surface area contributed by atoms with Gasteiger partial charge in [0.05, 0.1) is 0 Å². The van der Waals surface area contributed by atoms with E-state index in [-0.39, 0.29) is 12.5 Å². The Morgan fingerprint density at radius 3 is 2.76 bits per heavy atom. The average Bonchev–Trinajstić information content (AvgIpc) is 2.34. The molecule has 1 N–H and O–H groups in total. The minimum atomic E-state index is -0.121. The van der Waals surface area contributed by atoms with Gasteiger partial charge in [0.15, 0.2) is 6.61 Å². The number of allylic oxidation sites excluding steroid dienone is 1. The topological polar surface area (TPSA) is 38.3 Å². The fourth-order valence-corrected chi connectivity index (χ4v) is 1.32. The Hall–Kier alpha value is -1.48. The zero-order valence-corrected chi connectivity index (χ0v) is 10.5. The molecule has 17 heavy (non-hydrogen) atoms. The van der Waals surface area contributed by atoms with E-state index in [0.717, 1.165) is 6.42 Å². The smallest absolute Gasteiger partial charge is 0.257 e. The lowest BCUT2D eigenvalue weighted by Gasteiger charge is -2.06. The predicted molar refractivity (Wildman–Crippen MR) is 69.4 cm³/mol. The van der Waals surface area contributed by atoms with Crippen molar-refractivity contribution in [2.75, 3.05) is 13.2 Å². The van der Waals surface area contributed by atoms with E-state index in [1.807, 2.05) is 19.1 Å². The molecule has 0 heterocycles. The van der Waals surface area contributed by atoms with Crippen LogP contribution < -0.4 is 10.1 Å². The Balaban J connectivity index is 2.21. The maximum Gasteiger partial charge on any atom is 0.257 e. The third-order valence-corrected chi connectivity index (χ3v) is 2.30. The Morgan fingerprint density at radius 1 is 1.41 bits per heavy atom.